The Hall–Kier alpha value is -2.62. The molecule has 1 N–H and O–H groups in total. The molecule has 0 aliphatic heterocycles. The second-order valence-corrected chi connectivity index (χ2v) is 4.94. The highest BCUT2D eigenvalue weighted by molar-refractivity contribution is 6.04. The first-order chi connectivity index (χ1) is 9.61. The van der Waals surface area contributed by atoms with Crippen LogP contribution in [0.5, 0.6) is 0 Å². The zero-order valence-electron chi connectivity index (χ0n) is 11.4. The van der Waals surface area contributed by atoms with Crippen LogP contribution in [0.4, 0.5) is 5.69 Å². The van der Waals surface area contributed by atoms with Gasteiger partial charge in [0, 0.05) is 24.3 Å². The van der Waals surface area contributed by atoms with Crippen molar-refractivity contribution in [2.75, 3.05) is 5.32 Å². The fraction of sp³-hybridized carbons (Fsp3) is 0.125. The Morgan fingerprint density at radius 2 is 1.90 bits per heavy atom. The van der Waals surface area contributed by atoms with Crippen molar-refractivity contribution in [2.45, 2.75) is 13.8 Å². The number of anilines is 1. The number of carbonyl (C=O) groups excluding carboxylic acids is 1. The normalized spacial score (nSPS) is 10.7. The zero-order chi connectivity index (χ0) is 14.1. The van der Waals surface area contributed by atoms with Crippen LogP contribution in [0.15, 0.2) is 48.9 Å². The van der Waals surface area contributed by atoms with Crippen molar-refractivity contribution in [1.29, 1.82) is 0 Å². The molecule has 0 aliphatic carbocycles. The molecule has 0 unspecified atom stereocenters. The van der Waals surface area contributed by atoms with Gasteiger partial charge >= 0.3 is 0 Å². The van der Waals surface area contributed by atoms with Crippen LogP contribution >= 0.6 is 0 Å². The van der Waals surface area contributed by atoms with E-state index >= 15 is 0 Å². The number of nitrogens with one attached hydrogen (secondary N) is 1. The van der Waals surface area contributed by atoms with Crippen LogP contribution < -0.4 is 5.32 Å². The molecule has 0 saturated carbocycles. The molecule has 20 heavy (non-hydrogen) atoms. The first kappa shape index (κ1) is 12.4. The fourth-order valence-corrected chi connectivity index (χ4v) is 2.30. The van der Waals surface area contributed by atoms with Gasteiger partial charge in [-0.2, -0.15) is 0 Å². The van der Waals surface area contributed by atoms with Gasteiger partial charge in [-0.3, -0.25) is 4.79 Å². The predicted molar refractivity (Wildman–Crippen MR) is 79.1 cm³/mol. The monoisotopic (exact) mass is 265 g/mol. The van der Waals surface area contributed by atoms with Crippen molar-refractivity contribution in [3.8, 4) is 0 Å². The number of hydrogen-bond acceptors (Lipinski definition) is 2. The van der Waals surface area contributed by atoms with Crippen molar-refractivity contribution >= 4 is 17.2 Å². The molecule has 3 aromatic rings. The topological polar surface area (TPSA) is 46.4 Å². The predicted octanol–water partition coefficient (Wildman–Crippen LogP) is 3.20. The van der Waals surface area contributed by atoms with Gasteiger partial charge in [-0.25, -0.2) is 4.98 Å². The lowest BCUT2D eigenvalue weighted by Crippen LogP contribution is -2.12. The summed E-state index contributed by atoms with van der Waals surface area (Å²) >= 11 is 0. The molecule has 3 rings (SSSR count). The lowest BCUT2D eigenvalue weighted by Gasteiger charge is -2.08. The van der Waals surface area contributed by atoms with Crippen molar-refractivity contribution < 1.29 is 4.79 Å². The molecular formula is C16H15N3O. The average Bonchev–Trinajstić information content (AvgIpc) is 2.84. The number of amides is 1. The number of imidazole rings is 1. The highest BCUT2D eigenvalue weighted by Crippen LogP contribution is 2.15. The molecule has 1 aromatic carbocycles. The van der Waals surface area contributed by atoms with Crippen molar-refractivity contribution in [1.82, 2.24) is 9.38 Å². The Kier molecular flexibility index (Phi) is 2.99. The Balaban J connectivity index is 1.88. The quantitative estimate of drug-likeness (QED) is 0.773. The highest BCUT2D eigenvalue weighted by Gasteiger charge is 2.07. The van der Waals surface area contributed by atoms with Crippen LogP contribution in [0.25, 0.3) is 5.65 Å². The highest BCUT2D eigenvalue weighted by atomic mass is 16.1. The number of hydrogen-bond donors (Lipinski definition) is 1. The summed E-state index contributed by atoms with van der Waals surface area (Å²) < 4.78 is 1.83. The number of aromatic nitrogens is 2. The van der Waals surface area contributed by atoms with E-state index in [0.29, 0.717) is 5.56 Å². The maximum Gasteiger partial charge on any atom is 0.257 e. The summed E-state index contributed by atoms with van der Waals surface area (Å²) in [6.07, 6.45) is 5.31. The number of fused-ring (bicyclic) bond motifs is 1. The maximum atomic E-state index is 12.3. The summed E-state index contributed by atoms with van der Waals surface area (Å²) in [6.45, 7) is 4.03. The average molecular weight is 265 g/mol. The van der Waals surface area contributed by atoms with Crippen LogP contribution in [0, 0.1) is 13.8 Å². The molecule has 0 spiro atoms. The van der Waals surface area contributed by atoms with Crippen LogP contribution in [-0.2, 0) is 0 Å². The van der Waals surface area contributed by atoms with E-state index < -0.39 is 0 Å². The van der Waals surface area contributed by atoms with Crippen molar-refractivity contribution in [2.24, 2.45) is 0 Å². The number of pyridine rings is 1. The minimum atomic E-state index is -0.120. The number of nitrogens with zero attached hydrogens (tertiary/aromatic N) is 2. The number of benzene rings is 1. The van der Waals surface area contributed by atoms with Gasteiger partial charge in [-0.15, -0.1) is 0 Å². The molecule has 0 saturated heterocycles. The van der Waals surface area contributed by atoms with Gasteiger partial charge in [0.05, 0.1) is 5.56 Å². The Bertz CT molecular complexity index is 769. The minimum Gasteiger partial charge on any atom is -0.322 e. The van der Waals surface area contributed by atoms with Gasteiger partial charge in [-0.05, 0) is 49.2 Å². The van der Waals surface area contributed by atoms with E-state index in [4.69, 9.17) is 0 Å². The summed E-state index contributed by atoms with van der Waals surface area (Å²) in [5.41, 5.74) is 4.51. The fourth-order valence-electron chi connectivity index (χ4n) is 2.30. The third kappa shape index (κ3) is 2.40. The van der Waals surface area contributed by atoms with E-state index in [0.717, 1.165) is 22.5 Å². The molecule has 1 amide bonds. The SMILES string of the molecule is Cc1cc(C)cc(NC(=O)c2ccc3nccn3c2)c1. The number of carbonyl (C=O) groups is 1. The van der Waals surface area contributed by atoms with Gasteiger partial charge in [0.1, 0.15) is 5.65 Å². The third-order valence-corrected chi connectivity index (χ3v) is 3.13. The summed E-state index contributed by atoms with van der Waals surface area (Å²) in [7, 11) is 0. The van der Waals surface area contributed by atoms with E-state index in [9.17, 15) is 4.79 Å². The molecular weight excluding hydrogens is 250 g/mol. The second kappa shape index (κ2) is 4.81. The van der Waals surface area contributed by atoms with Crippen LogP contribution in [0.3, 0.4) is 0 Å². The smallest absolute Gasteiger partial charge is 0.257 e. The van der Waals surface area contributed by atoms with E-state index in [2.05, 4.69) is 16.4 Å². The standard InChI is InChI=1S/C16H15N3O/c1-11-7-12(2)9-14(8-11)18-16(20)13-3-4-15-17-5-6-19(15)10-13/h3-10H,1-2H3,(H,18,20). The van der Waals surface area contributed by atoms with E-state index in [1.165, 1.54) is 0 Å². The summed E-state index contributed by atoms with van der Waals surface area (Å²) in [4.78, 5) is 16.4. The molecule has 4 nitrogen and oxygen atoms in total. The van der Waals surface area contributed by atoms with E-state index in [1.807, 2.05) is 42.6 Å². The third-order valence-electron chi connectivity index (χ3n) is 3.13. The molecule has 0 atom stereocenters. The Labute approximate surface area is 117 Å². The lowest BCUT2D eigenvalue weighted by molar-refractivity contribution is 0.102. The summed E-state index contributed by atoms with van der Waals surface area (Å²) in [5.74, 6) is -0.120. The molecule has 2 aromatic heterocycles. The van der Waals surface area contributed by atoms with E-state index in [-0.39, 0.29) is 5.91 Å². The molecule has 100 valence electrons. The molecule has 0 radical (unpaired) electrons. The largest absolute Gasteiger partial charge is 0.322 e. The number of aryl methyl sites for hydroxylation is 2. The minimum absolute atomic E-state index is 0.120. The lowest BCUT2D eigenvalue weighted by atomic mass is 10.1. The van der Waals surface area contributed by atoms with Crippen molar-refractivity contribution in [3.63, 3.8) is 0 Å². The Morgan fingerprint density at radius 1 is 1.15 bits per heavy atom. The molecule has 0 aliphatic rings. The zero-order valence-corrected chi connectivity index (χ0v) is 11.4. The van der Waals surface area contributed by atoms with Crippen LogP contribution in [-0.4, -0.2) is 15.3 Å². The first-order valence-electron chi connectivity index (χ1n) is 6.44. The molecule has 0 bridgehead atoms. The van der Waals surface area contributed by atoms with Gasteiger partial charge in [0.15, 0.2) is 0 Å². The van der Waals surface area contributed by atoms with Gasteiger partial charge in [0.2, 0.25) is 0 Å². The summed E-state index contributed by atoms with van der Waals surface area (Å²) in [6, 6.07) is 9.60. The van der Waals surface area contributed by atoms with Gasteiger partial charge < -0.3 is 9.72 Å². The molecule has 0 fully saturated rings. The Morgan fingerprint density at radius 3 is 2.65 bits per heavy atom. The molecule has 2 heterocycles. The molecule has 4 heteroatoms. The van der Waals surface area contributed by atoms with Gasteiger partial charge in [0.25, 0.3) is 5.91 Å². The first-order valence-corrected chi connectivity index (χ1v) is 6.44. The maximum absolute atomic E-state index is 12.3. The second-order valence-electron chi connectivity index (χ2n) is 4.94. The van der Waals surface area contributed by atoms with Crippen molar-refractivity contribution in [3.05, 3.63) is 65.6 Å². The number of rotatable bonds is 2. The van der Waals surface area contributed by atoms with Gasteiger partial charge in [-0.1, -0.05) is 6.07 Å². The van der Waals surface area contributed by atoms with Crippen LogP contribution in [0.2, 0.25) is 0 Å². The summed E-state index contributed by atoms with van der Waals surface area (Å²) in [5, 5.41) is 2.92. The van der Waals surface area contributed by atoms with E-state index in [1.54, 1.807) is 18.5 Å². The van der Waals surface area contributed by atoms with Crippen LogP contribution in [0.1, 0.15) is 21.5 Å².